The second-order valence-electron chi connectivity index (χ2n) is 6.97. The van der Waals surface area contributed by atoms with Crippen LogP contribution in [0.2, 0.25) is 0 Å². The third-order valence-electron chi connectivity index (χ3n) is 5.37. The van der Waals surface area contributed by atoms with Crippen LogP contribution >= 0.6 is 0 Å². The number of hydrogen-bond acceptors (Lipinski definition) is 1. The number of Topliss-reactive ketones (excluding diaryl/α,β-unsaturated/α-hetero) is 1. The molecule has 0 saturated heterocycles. The van der Waals surface area contributed by atoms with E-state index in [0.717, 1.165) is 31.3 Å². The monoisotopic (exact) mass is 302 g/mol. The van der Waals surface area contributed by atoms with Gasteiger partial charge in [-0.15, -0.1) is 0 Å². The van der Waals surface area contributed by atoms with Crippen LogP contribution in [0.25, 0.3) is 0 Å². The predicted molar refractivity (Wildman–Crippen MR) is 94.8 cm³/mol. The molecule has 0 aromatic rings. The zero-order valence-electron chi connectivity index (χ0n) is 13.6. The second kappa shape index (κ2) is 5.81. The summed E-state index contributed by atoms with van der Waals surface area (Å²) < 4.78 is 0. The van der Waals surface area contributed by atoms with Crippen LogP contribution in [0, 0.1) is 11.8 Å². The van der Waals surface area contributed by atoms with Crippen molar-refractivity contribution >= 4 is 5.78 Å². The Hall–Kier alpha value is -2.15. The molecule has 0 radical (unpaired) electrons. The quantitative estimate of drug-likeness (QED) is 0.700. The first kappa shape index (κ1) is 14.4. The molecule has 0 fully saturated rings. The number of carbonyl (C=O) groups is 1. The van der Waals surface area contributed by atoms with Crippen LogP contribution < -0.4 is 0 Å². The van der Waals surface area contributed by atoms with Crippen LogP contribution in [0.4, 0.5) is 0 Å². The smallest absolute Gasteiger partial charge is 0.166 e. The summed E-state index contributed by atoms with van der Waals surface area (Å²) in [7, 11) is 0. The highest BCUT2D eigenvalue weighted by atomic mass is 16.1. The van der Waals surface area contributed by atoms with Crippen molar-refractivity contribution in [2.45, 2.75) is 32.6 Å². The lowest BCUT2D eigenvalue weighted by atomic mass is 9.81. The first-order valence-corrected chi connectivity index (χ1v) is 8.55. The highest BCUT2D eigenvalue weighted by molar-refractivity contribution is 6.00. The van der Waals surface area contributed by atoms with E-state index in [1.54, 1.807) is 0 Å². The van der Waals surface area contributed by atoms with Crippen molar-refractivity contribution in [1.82, 2.24) is 0 Å². The molecule has 0 aromatic heterocycles. The molecule has 0 bridgehead atoms. The van der Waals surface area contributed by atoms with E-state index in [4.69, 9.17) is 0 Å². The Kier molecular flexibility index (Phi) is 3.65. The van der Waals surface area contributed by atoms with E-state index < -0.39 is 0 Å². The number of rotatable bonds is 4. The van der Waals surface area contributed by atoms with Gasteiger partial charge in [0.25, 0.3) is 0 Å². The molecule has 4 aliphatic carbocycles. The SMILES string of the molecule is CC1=CC=C(C2CC(C3=CC=CC3)=CC2C(=O)C2=CC=CC2)C1. The molecule has 1 heteroatoms. The first-order chi connectivity index (χ1) is 11.2. The van der Waals surface area contributed by atoms with Crippen molar-refractivity contribution in [1.29, 1.82) is 0 Å². The minimum atomic E-state index is 0.0169. The van der Waals surface area contributed by atoms with Gasteiger partial charge in [0, 0.05) is 5.92 Å². The lowest BCUT2D eigenvalue weighted by Crippen LogP contribution is -2.21. The molecule has 0 heterocycles. The average Bonchev–Trinajstić information content (AvgIpc) is 3.31. The van der Waals surface area contributed by atoms with Crippen LogP contribution in [0.5, 0.6) is 0 Å². The van der Waals surface area contributed by atoms with Crippen molar-refractivity contribution in [2.24, 2.45) is 11.8 Å². The van der Waals surface area contributed by atoms with Gasteiger partial charge in [-0.3, -0.25) is 4.79 Å². The lowest BCUT2D eigenvalue weighted by molar-refractivity contribution is -0.118. The minimum Gasteiger partial charge on any atom is -0.294 e. The maximum absolute atomic E-state index is 13.0. The Bertz CT molecular complexity index is 762. The van der Waals surface area contributed by atoms with Gasteiger partial charge in [-0.1, -0.05) is 65.8 Å². The van der Waals surface area contributed by atoms with Crippen LogP contribution in [0.15, 0.2) is 82.5 Å². The number of carbonyl (C=O) groups excluding carboxylic acids is 1. The van der Waals surface area contributed by atoms with Crippen molar-refractivity contribution in [2.75, 3.05) is 0 Å². The summed E-state index contributed by atoms with van der Waals surface area (Å²) in [5, 5.41) is 0. The maximum atomic E-state index is 13.0. The topological polar surface area (TPSA) is 17.1 Å². The molecule has 0 aliphatic heterocycles. The van der Waals surface area contributed by atoms with Crippen LogP contribution in [-0.2, 0) is 4.79 Å². The molecule has 2 atom stereocenters. The van der Waals surface area contributed by atoms with Crippen molar-refractivity contribution in [3.05, 3.63) is 82.5 Å². The van der Waals surface area contributed by atoms with Crippen molar-refractivity contribution in [3.63, 3.8) is 0 Å². The molecule has 4 rings (SSSR count). The third kappa shape index (κ3) is 2.65. The van der Waals surface area contributed by atoms with E-state index in [1.165, 1.54) is 22.3 Å². The summed E-state index contributed by atoms with van der Waals surface area (Å²) in [5.74, 6) is 0.685. The largest absolute Gasteiger partial charge is 0.294 e. The normalized spacial score (nSPS) is 28.7. The summed E-state index contributed by atoms with van der Waals surface area (Å²) in [6.07, 6.45) is 23.2. The number of allylic oxidation sites excluding steroid dienone is 14. The summed E-state index contributed by atoms with van der Waals surface area (Å²) >= 11 is 0. The number of hydrogen-bond donors (Lipinski definition) is 0. The van der Waals surface area contributed by atoms with Gasteiger partial charge in [-0.25, -0.2) is 0 Å². The molecular formula is C22H22O. The van der Waals surface area contributed by atoms with Crippen LogP contribution in [0.1, 0.15) is 32.6 Å². The van der Waals surface area contributed by atoms with E-state index in [-0.39, 0.29) is 5.92 Å². The Morgan fingerprint density at radius 3 is 2.48 bits per heavy atom. The van der Waals surface area contributed by atoms with Gasteiger partial charge in [-0.2, -0.15) is 0 Å². The fraction of sp³-hybridized carbons (Fsp3) is 0.318. The first-order valence-electron chi connectivity index (χ1n) is 8.55. The second-order valence-corrected chi connectivity index (χ2v) is 6.97. The average molecular weight is 302 g/mol. The molecular weight excluding hydrogens is 280 g/mol. The van der Waals surface area contributed by atoms with Gasteiger partial charge >= 0.3 is 0 Å². The van der Waals surface area contributed by atoms with Crippen LogP contribution in [0.3, 0.4) is 0 Å². The zero-order chi connectivity index (χ0) is 15.8. The van der Waals surface area contributed by atoms with E-state index in [9.17, 15) is 4.79 Å². The molecule has 0 spiro atoms. The highest BCUT2D eigenvalue weighted by Crippen LogP contribution is 2.44. The highest BCUT2D eigenvalue weighted by Gasteiger charge is 2.37. The standard InChI is InChI=1S/C22H22O/c1-15-10-11-18(12-15)20-13-19(16-6-2-3-7-16)14-21(20)22(23)17-8-4-5-9-17/h2-6,8,10-11,14,20-21H,7,9,12-13H2,1H3. The fourth-order valence-corrected chi connectivity index (χ4v) is 4.10. The Balaban J connectivity index is 1.61. The van der Waals surface area contributed by atoms with Gasteiger partial charge in [0.1, 0.15) is 0 Å². The summed E-state index contributed by atoms with van der Waals surface area (Å²) in [6, 6.07) is 0. The molecule has 0 N–H and O–H groups in total. The maximum Gasteiger partial charge on any atom is 0.166 e. The zero-order valence-corrected chi connectivity index (χ0v) is 13.6. The molecule has 116 valence electrons. The molecule has 2 unspecified atom stereocenters. The summed E-state index contributed by atoms with van der Waals surface area (Å²) in [6.45, 7) is 2.18. The van der Waals surface area contributed by atoms with Gasteiger partial charge in [0.15, 0.2) is 5.78 Å². The van der Waals surface area contributed by atoms with Crippen molar-refractivity contribution in [3.8, 4) is 0 Å². The number of ketones is 1. The molecule has 4 aliphatic rings. The Morgan fingerprint density at radius 1 is 1.00 bits per heavy atom. The predicted octanol–water partition coefficient (Wildman–Crippen LogP) is 5.17. The molecule has 0 amide bonds. The molecule has 0 saturated carbocycles. The van der Waals surface area contributed by atoms with E-state index >= 15 is 0 Å². The van der Waals surface area contributed by atoms with E-state index in [1.807, 2.05) is 12.2 Å². The fourth-order valence-electron chi connectivity index (χ4n) is 4.10. The Morgan fingerprint density at radius 2 is 1.83 bits per heavy atom. The minimum absolute atomic E-state index is 0.0169. The molecule has 0 aromatic carbocycles. The molecule has 23 heavy (non-hydrogen) atoms. The van der Waals surface area contributed by atoms with E-state index in [2.05, 4.69) is 49.5 Å². The van der Waals surface area contributed by atoms with Gasteiger partial charge < -0.3 is 0 Å². The third-order valence-corrected chi connectivity index (χ3v) is 5.37. The van der Waals surface area contributed by atoms with Gasteiger partial charge in [0.2, 0.25) is 0 Å². The van der Waals surface area contributed by atoms with Crippen LogP contribution in [-0.4, -0.2) is 5.78 Å². The molecule has 1 nitrogen and oxygen atoms in total. The Labute approximate surface area is 138 Å². The van der Waals surface area contributed by atoms with E-state index in [0.29, 0.717) is 11.7 Å². The van der Waals surface area contributed by atoms with Gasteiger partial charge in [-0.05, 0) is 55.2 Å². The van der Waals surface area contributed by atoms with Crippen molar-refractivity contribution < 1.29 is 4.79 Å². The van der Waals surface area contributed by atoms with Gasteiger partial charge in [0.05, 0.1) is 0 Å². The lowest BCUT2D eigenvalue weighted by Gasteiger charge is -2.21. The summed E-state index contributed by atoms with van der Waals surface area (Å²) in [4.78, 5) is 13.0. The summed E-state index contributed by atoms with van der Waals surface area (Å²) in [5.41, 5.74) is 6.59.